The van der Waals surface area contributed by atoms with Crippen molar-refractivity contribution in [3.8, 4) is 5.75 Å². The Bertz CT molecular complexity index is 891. The van der Waals surface area contributed by atoms with Gasteiger partial charge in [0.1, 0.15) is 11.6 Å². The lowest BCUT2D eigenvalue weighted by molar-refractivity contribution is -0.140. The molecule has 4 aliphatic rings. The molecule has 2 bridgehead atoms. The molecule has 142 valence electrons. The van der Waals surface area contributed by atoms with Crippen molar-refractivity contribution in [2.45, 2.75) is 55.5 Å². The lowest BCUT2D eigenvalue weighted by Gasteiger charge is -2.69. The van der Waals surface area contributed by atoms with Gasteiger partial charge in [0.15, 0.2) is 6.61 Å². The molecule has 0 saturated heterocycles. The van der Waals surface area contributed by atoms with Crippen LogP contribution in [-0.4, -0.2) is 33.0 Å². The summed E-state index contributed by atoms with van der Waals surface area (Å²) >= 11 is 5.64. The minimum Gasteiger partial charge on any atom is -0.484 e. The molecule has 1 amide bonds. The summed E-state index contributed by atoms with van der Waals surface area (Å²) in [6.07, 6.45) is 8.16. The van der Waals surface area contributed by atoms with Crippen molar-refractivity contribution in [2.75, 3.05) is 6.61 Å². The van der Waals surface area contributed by atoms with Gasteiger partial charge in [-0.15, -0.1) is 0 Å². The molecule has 4 fully saturated rings. The van der Waals surface area contributed by atoms with Crippen molar-refractivity contribution in [1.29, 1.82) is 0 Å². The molecule has 1 heterocycles. The van der Waals surface area contributed by atoms with Gasteiger partial charge in [-0.1, -0.05) is 11.6 Å². The quantitative estimate of drug-likeness (QED) is 0.822. The van der Waals surface area contributed by atoms with E-state index in [1.807, 2.05) is 11.0 Å². The van der Waals surface area contributed by atoms with E-state index in [1.165, 1.54) is 31.4 Å². The Morgan fingerprint density at radius 2 is 2.15 bits per heavy atom. The van der Waals surface area contributed by atoms with Gasteiger partial charge in [-0.2, -0.15) is 15.0 Å². The Hall–Kier alpha value is -2.15. The number of benzene rings is 1. The van der Waals surface area contributed by atoms with Crippen LogP contribution in [0.5, 0.6) is 5.75 Å². The van der Waals surface area contributed by atoms with Crippen molar-refractivity contribution in [3.63, 3.8) is 0 Å². The minimum absolute atomic E-state index is 0.0280. The summed E-state index contributed by atoms with van der Waals surface area (Å²) in [5.74, 6) is -0.476. The number of carbonyl (C=O) groups excluding carboxylic acids is 1. The topological polar surface area (TPSA) is 69.0 Å². The first-order valence-electron chi connectivity index (χ1n) is 9.28. The highest BCUT2D eigenvalue weighted by Crippen LogP contribution is 2.67. The van der Waals surface area contributed by atoms with Gasteiger partial charge in [-0.3, -0.25) is 4.79 Å². The van der Waals surface area contributed by atoms with Crippen LogP contribution in [0.1, 0.15) is 50.3 Å². The fourth-order valence-electron chi connectivity index (χ4n) is 4.55. The SMILES string of the molecule is O=C(COc1ccc(Cl)c(F)c1)NC12CC(c3cnn(C4CCC4)n3)(C1)C2. The Kier molecular flexibility index (Phi) is 3.73. The fourth-order valence-corrected chi connectivity index (χ4v) is 4.67. The third kappa shape index (κ3) is 2.79. The number of nitrogens with zero attached hydrogens (tertiary/aromatic N) is 3. The van der Waals surface area contributed by atoms with Gasteiger partial charge in [0, 0.05) is 17.0 Å². The monoisotopic (exact) mass is 390 g/mol. The van der Waals surface area contributed by atoms with Gasteiger partial charge in [-0.05, 0) is 50.7 Å². The van der Waals surface area contributed by atoms with Crippen molar-refractivity contribution in [3.05, 3.63) is 40.9 Å². The second-order valence-corrected chi connectivity index (χ2v) is 8.55. The molecule has 2 aromatic rings. The predicted octanol–water partition coefficient (Wildman–Crippen LogP) is 3.16. The fraction of sp³-hybridized carbons (Fsp3) is 0.526. The van der Waals surface area contributed by atoms with Crippen molar-refractivity contribution in [2.24, 2.45) is 0 Å². The normalized spacial score (nSPS) is 28.7. The molecule has 4 saturated carbocycles. The Labute approximate surface area is 161 Å². The van der Waals surface area contributed by atoms with Gasteiger partial charge in [-0.25, -0.2) is 4.39 Å². The number of hydrogen-bond donors (Lipinski definition) is 1. The van der Waals surface area contributed by atoms with Crippen LogP contribution >= 0.6 is 11.6 Å². The summed E-state index contributed by atoms with van der Waals surface area (Å²) in [6.45, 7) is -0.145. The molecular weight excluding hydrogens is 371 g/mol. The van der Waals surface area contributed by atoms with Crippen molar-refractivity contribution >= 4 is 17.5 Å². The van der Waals surface area contributed by atoms with E-state index < -0.39 is 5.82 Å². The number of ether oxygens (including phenoxy) is 1. The first-order valence-corrected chi connectivity index (χ1v) is 9.66. The second-order valence-electron chi connectivity index (χ2n) is 8.14. The molecule has 8 heteroatoms. The zero-order valence-electron chi connectivity index (χ0n) is 14.8. The molecule has 1 N–H and O–H groups in total. The molecule has 0 radical (unpaired) electrons. The molecule has 0 atom stereocenters. The largest absolute Gasteiger partial charge is 0.484 e. The van der Waals surface area contributed by atoms with Crippen LogP contribution in [0.15, 0.2) is 24.4 Å². The molecular formula is C19H20ClFN4O2. The zero-order chi connectivity index (χ0) is 18.6. The highest BCUT2D eigenvalue weighted by Gasteiger charge is 2.70. The smallest absolute Gasteiger partial charge is 0.258 e. The third-order valence-corrected chi connectivity index (χ3v) is 6.46. The highest BCUT2D eigenvalue weighted by molar-refractivity contribution is 6.30. The van der Waals surface area contributed by atoms with E-state index in [4.69, 9.17) is 16.3 Å². The molecule has 0 spiro atoms. The number of aromatic nitrogens is 3. The average Bonchev–Trinajstić information content (AvgIpc) is 2.98. The summed E-state index contributed by atoms with van der Waals surface area (Å²) < 4.78 is 18.8. The molecule has 4 aliphatic carbocycles. The lowest BCUT2D eigenvalue weighted by atomic mass is 9.38. The van der Waals surface area contributed by atoms with Crippen molar-refractivity contribution in [1.82, 2.24) is 20.3 Å². The molecule has 6 rings (SSSR count). The standard InChI is InChI=1S/C19H20ClFN4O2/c20-14-5-4-13(6-15(14)21)27-8-17(26)23-19-9-18(10-19,11-19)16-7-22-25(24-16)12-2-1-3-12/h4-7,12H,1-3,8-11H2,(H,23,26). The molecule has 6 nitrogen and oxygen atoms in total. The zero-order valence-corrected chi connectivity index (χ0v) is 15.5. The van der Waals surface area contributed by atoms with Crippen LogP contribution in [0.3, 0.4) is 0 Å². The number of halogens is 2. The highest BCUT2D eigenvalue weighted by atomic mass is 35.5. The summed E-state index contributed by atoms with van der Waals surface area (Å²) in [7, 11) is 0. The number of amides is 1. The van der Waals surface area contributed by atoms with Gasteiger partial charge in [0.2, 0.25) is 0 Å². The summed E-state index contributed by atoms with van der Waals surface area (Å²) in [5.41, 5.74) is 0.986. The van der Waals surface area contributed by atoms with Crippen LogP contribution in [0.2, 0.25) is 5.02 Å². The third-order valence-electron chi connectivity index (χ3n) is 6.15. The first-order chi connectivity index (χ1) is 13.0. The van der Waals surface area contributed by atoms with Crippen LogP contribution in [0.4, 0.5) is 4.39 Å². The molecule has 27 heavy (non-hydrogen) atoms. The number of hydrogen-bond acceptors (Lipinski definition) is 4. The number of carbonyl (C=O) groups is 1. The molecule has 1 aromatic carbocycles. The summed E-state index contributed by atoms with van der Waals surface area (Å²) in [5, 5.41) is 12.2. The predicted molar refractivity (Wildman–Crippen MR) is 96.2 cm³/mol. The van der Waals surface area contributed by atoms with E-state index in [-0.39, 0.29) is 34.2 Å². The Balaban J connectivity index is 1.13. The van der Waals surface area contributed by atoms with Gasteiger partial charge in [0.25, 0.3) is 5.91 Å². The summed E-state index contributed by atoms with van der Waals surface area (Å²) in [4.78, 5) is 14.1. The second kappa shape index (κ2) is 5.92. The minimum atomic E-state index is -0.564. The maximum atomic E-state index is 13.4. The molecule has 1 aromatic heterocycles. The van der Waals surface area contributed by atoms with Crippen LogP contribution < -0.4 is 10.1 Å². The van der Waals surface area contributed by atoms with E-state index in [0.717, 1.165) is 25.0 Å². The van der Waals surface area contributed by atoms with E-state index in [0.29, 0.717) is 6.04 Å². The van der Waals surface area contributed by atoms with E-state index in [1.54, 1.807) is 6.07 Å². The Morgan fingerprint density at radius 1 is 1.37 bits per heavy atom. The van der Waals surface area contributed by atoms with E-state index in [2.05, 4.69) is 15.5 Å². The van der Waals surface area contributed by atoms with Gasteiger partial charge < -0.3 is 10.1 Å². The van der Waals surface area contributed by atoms with Crippen molar-refractivity contribution < 1.29 is 13.9 Å². The number of nitrogens with one attached hydrogen (secondary N) is 1. The lowest BCUT2D eigenvalue weighted by Crippen LogP contribution is -2.77. The average molecular weight is 391 g/mol. The maximum Gasteiger partial charge on any atom is 0.258 e. The van der Waals surface area contributed by atoms with Gasteiger partial charge in [0.05, 0.1) is 23.0 Å². The molecule has 0 aliphatic heterocycles. The number of rotatable bonds is 6. The van der Waals surface area contributed by atoms with E-state index >= 15 is 0 Å². The van der Waals surface area contributed by atoms with E-state index in [9.17, 15) is 9.18 Å². The van der Waals surface area contributed by atoms with Crippen LogP contribution in [0, 0.1) is 5.82 Å². The van der Waals surface area contributed by atoms with Crippen LogP contribution in [0.25, 0.3) is 0 Å². The maximum absolute atomic E-state index is 13.4. The summed E-state index contributed by atoms with van der Waals surface area (Å²) in [6, 6.07) is 4.60. The Morgan fingerprint density at radius 3 is 2.81 bits per heavy atom. The first kappa shape index (κ1) is 17.0. The van der Waals surface area contributed by atoms with Gasteiger partial charge >= 0.3 is 0 Å². The van der Waals surface area contributed by atoms with Crippen LogP contribution in [-0.2, 0) is 10.2 Å². The molecule has 0 unspecified atom stereocenters.